The predicted octanol–water partition coefficient (Wildman–Crippen LogP) is 23.3. The van der Waals surface area contributed by atoms with Gasteiger partial charge in [0, 0.05) is 25.7 Å². The molecule has 5 atom stereocenters. The number of hydrogen-bond donors (Lipinski definition) is 3. The summed E-state index contributed by atoms with van der Waals surface area (Å²) in [5.41, 5.74) is 0. The normalized spacial score (nSPS) is 14.5. The largest absolute Gasteiger partial charge is 0.472 e. The summed E-state index contributed by atoms with van der Waals surface area (Å²) in [6.07, 6.45) is 80.7. The number of aliphatic hydroxyl groups is 1. The van der Waals surface area contributed by atoms with Crippen LogP contribution in [0.25, 0.3) is 0 Å². The predicted molar refractivity (Wildman–Crippen MR) is 418 cm³/mol. The first-order chi connectivity index (χ1) is 49.7. The van der Waals surface area contributed by atoms with E-state index in [1.165, 1.54) is 96.3 Å². The molecule has 0 saturated carbocycles. The lowest BCUT2D eigenvalue weighted by molar-refractivity contribution is -0.161. The smallest absolute Gasteiger partial charge is 0.462 e. The zero-order valence-corrected chi connectivity index (χ0v) is 66.0. The van der Waals surface area contributed by atoms with Crippen LogP contribution in [0.15, 0.2) is 109 Å². The van der Waals surface area contributed by atoms with E-state index in [1.807, 2.05) is 12.2 Å². The fourth-order valence-electron chi connectivity index (χ4n) is 10.5. The van der Waals surface area contributed by atoms with Crippen LogP contribution in [0.5, 0.6) is 0 Å². The minimum Gasteiger partial charge on any atom is -0.462 e. The third kappa shape index (κ3) is 74.0. The summed E-state index contributed by atoms with van der Waals surface area (Å²) in [7, 11) is -9.98. The van der Waals surface area contributed by atoms with E-state index in [0.29, 0.717) is 32.1 Å². The number of esters is 4. The number of unbranched alkanes of at least 4 members (excludes halogenated alkanes) is 31. The lowest BCUT2D eigenvalue weighted by atomic mass is 10.1. The van der Waals surface area contributed by atoms with Crippen LogP contribution < -0.4 is 0 Å². The summed E-state index contributed by atoms with van der Waals surface area (Å²) in [5.74, 6) is -2.27. The van der Waals surface area contributed by atoms with Gasteiger partial charge in [-0.3, -0.25) is 37.3 Å². The van der Waals surface area contributed by atoms with E-state index in [9.17, 15) is 43.2 Å². The second-order valence-corrected chi connectivity index (χ2v) is 29.5. The molecular weight excluding hydrogens is 1330 g/mol. The van der Waals surface area contributed by atoms with E-state index in [4.69, 9.17) is 37.0 Å². The van der Waals surface area contributed by atoms with Crippen molar-refractivity contribution < 1.29 is 80.2 Å². The Labute approximate surface area is 619 Å². The SMILES string of the molecule is CCCCC/C=C\C/C=C\C/C=C\C/C=C\CCCC(=O)O[C@H](COC(=O)CCCCCCC/C=C\C/C=C\CCCCC)COP(=O)(O)OC[C@@H](O)COP(=O)(O)OC[C@@H](COC(=O)CCCCCCC/C=C\CCCCCCCC)OC(=O)CCCCCCC/C=C\C/C=C\CCCCC. The molecule has 19 heteroatoms. The Bertz CT molecular complexity index is 2360. The van der Waals surface area contributed by atoms with Crippen molar-refractivity contribution in [1.82, 2.24) is 0 Å². The highest BCUT2D eigenvalue weighted by Crippen LogP contribution is 2.45. The van der Waals surface area contributed by atoms with Crippen molar-refractivity contribution >= 4 is 39.5 Å². The minimum atomic E-state index is -5.00. The first kappa shape index (κ1) is 97.7. The summed E-state index contributed by atoms with van der Waals surface area (Å²) in [6.45, 7) is 4.71. The summed E-state index contributed by atoms with van der Waals surface area (Å²) >= 11 is 0. The average molecular weight is 1480 g/mol. The molecule has 0 aromatic rings. The molecule has 588 valence electrons. The van der Waals surface area contributed by atoms with E-state index in [-0.39, 0.29) is 25.7 Å². The van der Waals surface area contributed by atoms with Crippen molar-refractivity contribution in [2.24, 2.45) is 0 Å². The molecule has 0 bridgehead atoms. The first-order valence-corrected chi connectivity index (χ1v) is 43.1. The van der Waals surface area contributed by atoms with E-state index in [1.54, 1.807) is 0 Å². The quantitative estimate of drug-likeness (QED) is 0.0169. The van der Waals surface area contributed by atoms with Gasteiger partial charge in [-0.2, -0.15) is 0 Å². The highest BCUT2D eigenvalue weighted by molar-refractivity contribution is 7.47. The van der Waals surface area contributed by atoms with Crippen molar-refractivity contribution in [2.75, 3.05) is 39.6 Å². The minimum absolute atomic E-state index is 0.0147. The number of aliphatic hydroxyl groups excluding tert-OH is 1. The standard InChI is InChI=1S/C83H144O17P2/c1-5-9-13-17-21-25-29-33-37-38-42-46-50-54-58-62-66-70-83(88)100-79(74-94-81(86)68-64-60-56-52-48-44-40-35-31-27-23-19-15-11-7-3)76-98-102(91,92)96-72-77(84)71-95-101(89,90)97-75-78(99-82(87)69-65-61-57-53-49-45-41-36-32-28-24-20-16-12-8-4)73-93-80(85)67-63-59-55-51-47-43-39-34-30-26-22-18-14-10-6-2/h21,23-25,27-28,33-37,39-42,46,54,58,77-79,84H,5-20,22,26,29-32,38,43-45,47-53,55-57,59-76H2,1-4H3,(H,89,90)(H,91,92)/b25-21-,27-23-,28-24-,37-33-,39-34-,40-35-,41-36-,46-42-,58-54-/t77-,78+,79+/m0/s1. The number of rotatable bonds is 75. The summed E-state index contributed by atoms with van der Waals surface area (Å²) in [5, 5.41) is 10.6. The molecule has 3 N–H and O–H groups in total. The maximum Gasteiger partial charge on any atom is 0.472 e. The van der Waals surface area contributed by atoms with Crippen molar-refractivity contribution in [3.8, 4) is 0 Å². The molecule has 102 heavy (non-hydrogen) atoms. The summed E-state index contributed by atoms with van der Waals surface area (Å²) in [4.78, 5) is 73.0. The Morgan fingerprint density at radius 3 is 0.804 bits per heavy atom. The Morgan fingerprint density at radius 1 is 0.275 bits per heavy atom. The molecule has 0 fully saturated rings. The van der Waals surface area contributed by atoms with Crippen LogP contribution in [-0.4, -0.2) is 96.7 Å². The van der Waals surface area contributed by atoms with Gasteiger partial charge in [-0.05, 0) is 154 Å². The monoisotopic (exact) mass is 1470 g/mol. The molecule has 0 aliphatic carbocycles. The first-order valence-electron chi connectivity index (χ1n) is 40.1. The third-order valence-corrected chi connectivity index (χ3v) is 18.6. The highest BCUT2D eigenvalue weighted by Gasteiger charge is 2.30. The van der Waals surface area contributed by atoms with Gasteiger partial charge in [0.25, 0.3) is 0 Å². The van der Waals surface area contributed by atoms with Gasteiger partial charge in [-0.15, -0.1) is 0 Å². The lowest BCUT2D eigenvalue weighted by Crippen LogP contribution is -2.30. The molecule has 0 aromatic heterocycles. The van der Waals surface area contributed by atoms with Gasteiger partial charge in [-0.1, -0.05) is 265 Å². The maximum atomic E-state index is 13.1. The number of phosphoric ester groups is 2. The Morgan fingerprint density at radius 2 is 0.490 bits per heavy atom. The molecule has 0 spiro atoms. The van der Waals surface area contributed by atoms with E-state index < -0.39 is 97.5 Å². The summed E-state index contributed by atoms with van der Waals surface area (Å²) < 4.78 is 68.5. The molecule has 0 radical (unpaired) electrons. The Hall–Kier alpha value is -4.28. The zero-order valence-electron chi connectivity index (χ0n) is 64.3. The van der Waals surface area contributed by atoms with Gasteiger partial charge in [0.1, 0.15) is 19.3 Å². The van der Waals surface area contributed by atoms with Gasteiger partial charge in [0.05, 0.1) is 26.4 Å². The number of carbonyl (C=O) groups is 4. The molecule has 0 aromatic carbocycles. The number of hydrogen-bond acceptors (Lipinski definition) is 15. The topological polar surface area (TPSA) is 237 Å². The molecule has 0 rings (SSSR count). The van der Waals surface area contributed by atoms with Gasteiger partial charge >= 0.3 is 39.5 Å². The zero-order chi connectivity index (χ0) is 74.6. The number of allylic oxidation sites excluding steroid dienone is 18. The number of carbonyl (C=O) groups excluding carboxylic acids is 4. The Balaban J connectivity index is 5.44. The van der Waals surface area contributed by atoms with Gasteiger partial charge in [0.2, 0.25) is 0 Å². The van der Waals surface area contributed by atoms with Crippen molar-refractivity contribution in [1.29, 1.82) is 0 Å². The van der Waals surface area contributed by atoms with Crippen LogP contribution in [0.3, 0.4) is 0 Å². The Kier molecular flexibility index (Phi) is 71.8. The van der Waals surface area contributed by atoms with Gasteiger partial charge in [-0.25, -0.2) is 9.13 Å². The average Bonchev–Trinajstić information content (AvgIpc) is 0.917. The molecule has 0 aliphatic rings. The van der Waals surface area contributed by atoms with E-state index >= 15 is 0 Å². The van der Waals surface area contributed by atoms with Gasteiger partial charge in [0.15, 0.2) is 12.2 Å². The molecule has 0 aliphatic heterocycles. The second kappa shape index (κ2) is 75.0. The van der Waals surface area contributed by atoms with Crippen LogP contribution in [0, 0.1) is 0 Å². The van der Waals surface area contributed by atoms with Crippen LogP contribution in [0.2, 0.25) is 0 Å². The van der Waals surface area contributed by atoms with Crippen LogP contribution in [-0.2, 0) is 65.4 Å². The van der Waals surface area contributed by atoms with Crippen LogP contribution in [0.1, 0.15) is 336 Å². The number of phosphoric acid groups is 2. The molecule has 17 nitrogen and oxygen atoms in total. The fourth-order valence-corrected chi connectivity index (χ4v) is 12.1. The van der Waals surface area contributed by atoms with Crippen molar-refractivity contribution in [3.05, 3.63) is 109 Å². The van der Waals surface area contributed by atoms with E-state index in [0.717, 1.165) is 154 Å². The molecule has 0 saturated heterocycles. The van der Waals surface area contributed by atoms with Gasteiger partial charge < -0.3 is 33.8 Å². The lowest BCUT2D eigenvalue weighted by Gasteiger charge is -2.21. The third-order valence-electron chi connectivity index (χ3n) is 16.7. The molecular formula is C83H144O17P2. The number of ether oxygens (including phenoxy) is 4. The second-order valence-electron chi connectivity index (χ2n) is 26.6. The molecule has 0 amide bonds. The van der Waals surface area contributed by atoms with Crippen molar-refractivity contribution in [3.63, 3.8) is 0 Å². The molecule has 0 heterocycles. The maximum absolute atomic E-state index is 13.1. The van der Waals surface area contributed by atoms with Crippen molar-refractivity contribution in [2.45, 2.75) is 354 Å². The van der Waals surface area contributed by atoms with E-state index in [2.05, 4.69) is 125 Å². The fraction of sp³-hybridized carbons (Fsp3) is 0.735. The highest BCUT2D eigenvalue weighted by atomic mass is 31.2. The van der Waals surface area contributed by atoms with Crippen LogP contribution >= 0.6 is 15.6 Å². The summed E-state index contributed by atoms with van der Waals surface area (Å²) in [6, 6.07) is 0. The molecule has 2 unspecified atom stereocenters. The van der Waals surface area contributed by atoms with Crippen LogP contribution in [0.4, 0.5) is 0 Å².